The Kier molecular flexibility index (Phi) is 6.73. The second-order valence-electron chi connectivity index (χ2n) is 9.61. The van der Waals surface area contributed by atoms with Crippen molar-refractivity contribution in [2.45, 2.75) is 37.5 Å². The van der Waals surface area contributed by atoms with Gasteiger partial charge in [0.25, 0.3) is 5.91 Å². The number of amides is 2. The van der Waals surface area contributed by atoms with E-state index < -0.39 is 5.54 Å². The molecule has 0 aromatic heterocycles. The maximum absolute atomic E-state index is 14.1. The number of likely N-dealkylation sites (tertiary alicyclic amines) is 1. The van der Waals surface area contributed by atoms with Crippen LogP contribution in [0.15, 0.2) is 72.8 Å². The molecule has 186 valence electrons. The number of nitrogens with one attached hydrogen (secondary N) is 1. The van der Waals surface area contributed by atoms with Gasteiger partial charge < -0.3 is 15.0 Å². The summed E-state index contributed by atoms with van der Waals surface area (Å²) < 4.78 is 6.35. The Hall–Kier alpha value is -3.35. The second-order valence-corrected chi connectivity index (χ2v) is 10.0. The Morgan fingerprint density at radius 1 is 1.08 bits per heavy atom. The average Bonchev–Trinajstić information content (AvgIpc) is 3.45. The summed E-state index contributed by atoms with van der Waals surface area (Å²) in [6.45, 7) is 1.05. The topological polar surface area (TPSA) is 61.9 Å². The van der Waals surface area contributed by atoms with Crippen LogP contribution >= 0.6 is 11.6 Å². The number of ether oxygens (including phenoxy) is 1. The fourth-order valence-corrected chi connectivity index (χ4v) is 5.64. The van der Waals surface area contributed by atoms with E-state index >= 15 is 0 Å². The van der Waals surface area contributed by atoms with Crippen molar-refractivity contribution in [1.29, 1.82) is 0 Å². The third kappa shape index (κ3) is 4.25. The lowest BCUT2D eigenvalue weighted by atomic mass is 9.80. The Balaban J connectivity index is 1.64. The first-order valence-electron chi connectivity index (χ1n) is 12.3. The molecule has 2 atom stereocenters. The minimum atomic E-state index is -1.17. The van der Waals surface area contributed by atoms with Crippen LogP contribution in [0, 0.1) is 0 Å². The van der Waals surface area contributed by atoms with Crippen molar-refractivity contribution >= 4 is 29.1 Å². The molecule has 0 spiro atoms. The van der Waals surface area contributed by atoms with Gasteiger partial charge in [-0.3, -0.25) is 14.5 Å². The van der Waals surface area contributed by atoms with Crippen molar-refractivity contribution in [2.75, 3.05) is 26.0 Å². The monoisotopic (exact) mass is 503 g/mol. The first-order chi connectivity index (χ1) is 17.4. The predicted octanol–water partition coefficient (Wildman–Crippen LogP) is 5.06. The molecule has 2 heterocycles. The van der Waals surface area contributed by atoms with Gasteiger partial charge in [0.1, 0.15) is 12.4 Å². The van der Waals surface area contributed by atoms with E-state index in [-0.39, 0.29) is 17.9 Å². The molecule has 2 amide bonds. The van der Waals surface area contributed by atoms with E-state index in [0.717, 1.165) is 35.2 Å². The molecule has 3 aromatic carbocycles. The minimum Gasteiger partial charge on any atom is -0.489 e. The van der Waals surface area contributed by atoms with Crippen LogP contribution in [0.1, 0.15) is 36.0 Å². The molecular formula is C29H30ClN3O3. The smallest absolute Gasteiger partial charge is 0.254 e. The summed E-state index contributed by atoms with van der Waals surface area (Å²) in [6.07, 6.45) is 2.06. The molecule has 2 aliphatic rings. The molecule has 1 unspecified atom stereocenters. The van der Waals surface area contributed by atoms with Crippen molar-refractivity contribution < 1.29 is 14.3 Å². The van der Waals surface area contributed by atoms with E-state index in [2.05, 4.69) is 10.2 Å². The van der Waals surface area contributed by atoms with Crippen LogP contribution in [0.3, 0.4) is 0 Å². The number of fused-ring (bicyclic) bond motifs is 1. The second kappa shape index (κ2) is 9.96. The molecule has 1 N–H and O–H groups in total. The average molecular weight is 504 g/mol. The number of benzene rings is 3. The molecule has 1 fully saturated rings. The molecule has 36 heavy (non-hydrogen) atoms. The zero-order valence-corrected chi connectivity index (χ0v) is 21.3. The lowest BCUT2D eigenvalue weighted by molar-refractivity contribution is -0.132. The molecule has 0 saturated carbocycles. The Morgan fingerprint density at radius 2 is 1.83 bits per heavy atom. The molecule has 3 aromatic rings. The SMILES string of the molecule is CN(C)C(=O)C[C@@H]1CCCN1C1(c2ccccc2OCc2ccccc2)C(=O)Nc2ccc(Cl)cc21. The number of hydrogen-bond acceptors (Lipinski definition) is 4. The van der Waals surface area contributed by atoms with Crippen molar-refractivity contribution in [2.24, 2.45) is 0 Å². The molecular weight excluding hydrogens is 474 g/mol. The van der Waals surface area contributed by atoms with E-state index in [4.69, 9.17) is 16.3 Å². The lowest BCUT2D eigenvalue weighted by Gasteiger charge is -2.42. The van der Waals surface area contributed by atoms with Crippen LogP contribution in [-0.2, 0) is 21.7 Å². The van der Waals surface area contributed by atoms with Crippen LogP contribution in [-0.4, -0.2) is 48.3 Å². The minimum absolute atomic E-state index is 0.0420. The highest BCUT2D eigenvalue weighted by atomic mass is 35.5. The van der Waals surface area contributed by atoms with Gasteiger partial charge in [0.2, 0.25) is 5.91 Å². The molecule has 5 rings (SSSR count). The van der Waals surface area contributed by atoms with Gasteiger partial charge in [-0.05, 0) is 42.7 Å². The van der Waals surface area contributed by atoms with Gasteiger partial charge in [-0.15, -0.1) is 0 Å². The number of carbonyl (C=O) groups is 2. The largest absolute Gasteiger partial charge is 0.489 e. The van der Waals surface area contributed by atoms with Gasteiger partial charge in [0, 0.05) is 54.9 Å². The van der Waals surface area contributed by atoms with Crippen LogP contribution in [0.25, 0.3) is 0 Å². The van der Waals surface area contributed by atoms with Crippen molar-refractivity contribution in [3.8, 4) is 5.75 Å². The zero-order chi connectivity index (χ0) is 25.3. The van der Waals surface area contributed by atoms with Gasteiger partial charge in [-0.1, -0.05) is 60.1 Å². The summed E-state index contributed by atoms with van der Waals surface area (Å²) in [5, 5.41) is 3.65. The number of hydrogen-bond donors (Lipinski definition) is 1. The summed E-state index contributed by atoms with van der Waals surface area (Å²) in [4.78, 5) is 30.7. The summed E-state index contributed by atoms with van der Waals surface area (Å²) in [7, 11) is 3.53. The molecule has 6 nitrogen and oxygen atoms in total. The highest BCUT2D eigenvalue weighted by Gasteiger charge is 2.57. The number of rotatable bonds is 7. The number of nitrogens with zero attached hydrogens (tertiary/aromatic N) is 2. The standard InChI is InChI=1S/C29H30ClN3O3/c1-32(2)27(34)18-22-11-8-16-33(22)29(24-17-21(30)14-15-25(24)31-28(29)35)23-12-6-7-13-26(23)36-19-20-9-4-3-5-10-20/h3-7,9-10,12-15,17,22H,8,11,16,18-19H2,1-2H3,(H,31,35)/t22-,29?/m0/s1. The molecule has 1 saturated heterocycles. The van der Waals surface area contributed by atoms with Crippen molar-refractivity contribution in [1.82, 2.24) is 9.80 Å². The highest BCUT2D eigenvalue weighted by molar-refractivity contribution is 6.31. The number of para-hydroxylation sites is 1. The number of halogens is 1. The first-order valence-corrected chi connectivity index (χ1v) is 12.6. The third-order valence-electron chi connectivity index (χ3n) is 7.18. The third-order valence-corrected chi connectivity index (χ3v) is 7.41. The lowest BCUT2D eigenvalue weighted by Crippen LogP contribution is -2.54. The Morgan fingerprint density at radius 3 is 2.61 bits per heavy atom. The molecule has 0 aliphatic carbocycles. The maximum atomic E-state index is 14.1. The fourth-order valence-electron chi connectivity index (χ4n) is 5.47. The summed E-state index contributed by atoms with van der Waals surface area (Å²) in [5.41, 5.74) is 2.15. The van der Waals surface area contributed by atoms with Gasteiger partial charge in [0.05, 0.1) is 0 Å². The molecule has 7 heteroatoms. The number of anilines is 1. The molecule has 0 radical (unpaired) electrons. The van der Waals surface area contributed by atoms with Crippen LogP contribution in [0.4, 0.5) is 5.69 Å². The Labute approximate surface area is 216 Å². The highest BCUT2D eigenvalue weighted by Crippen LogP contribution is 2.51. The van der Waals surface area contributed by atoms with E-state index in [1.165, 1.54) is 0 Å². The normalized spacial score (nSPS) is 21.2. The summed E-state index contributed by atoms with van der Waals surface area (Å²) in [5.74, 6) is 0.522. The van der Waals surface area contributed by atoms with Crippen molar-refractivity contribution in [3.63, 3.8) is 0 Å². The zero-order valence-electron chi connectivity index (χ0n) is 20.5. The Bertz CT molecular complexity index is 1280. The van der Waals surface area contributed by atoms with Gasteiger partial charge in [-0.2, -0.15) is 0 Å². The van der Waals surface area contributed by atoms with Crippen molar-refractivity contribution in [3.05, 3.63) is 94.5 Å². The fraction of sp³-hybridized carbons (Fsp3) is 0.310. The maximum Gasteiger partial charge on any atom is 0.254 e. The van der Waals surface area contributed by atoms with Gasteiger partial charge >= 0.3 is 0 Å². The number of carbonyl (C=O) groups excluding carboxylic acids is 2. The first kappa shape index (κ1) is 24.3. The quantitative estimate of drug-likeness (QED) is 0.489. The van der Waals surface area contributed by atoms with E-state index in [9.17, 15) is 9.59 Å². The van der Waals surface area contributed by atoms with E-state index in [0.29, 0.717) is 30.3 Å². The van der Waals surface area contributed by atoms with E-state index in [1.807, 2.05) is 66.7 Å². The van der Waals surface area contributed by atoms with Gasteiger partial charge in [-0.25, -0.2) is 0 Å². The molecule has 0 bridgehead atoms. The summed E-state index contributed by atoms with van der Waals surface area (Å²) >= 11 is 6.49. The van der Waals surface area contributed by atoms with Crippen LogP contribution in [0.5, 0.6) is 5.75 Å². The molecule has 2 aliphatic heterocycles. The predicted molar refractivity (Wildman–Crippen MR) is 141 cm³/mol. The van der Waals surface area contributed by atoms with Crippen LogP contribution < -0.4 is 10.1 Å². The van der Waals surface area contributed by atoms with E-state index in [1.54, 1.807) is 25.1 Å². The van der Waals surface area contributed by atoms with Gasteiger partial charge in [0.15, 0.2) is 5.54 Å². The summed E-state index contributed by atoms with van der Waals surface area (Å²) in [6, 6.07) is 23.1. The van der Waals surface area contributed by atoms with Crippen LogP contribution in [0.2, 0.25) is 5.02 Å².